The third-order valence-corrected chi connectivity index (χ3v) is 5.06. The molecule has 2 fully saturated rings. The first-order chi connectivity index (χ1) is 10.1. The van der Waals surface area contributed by atoms with Crippen LogP contribution in [0.3, 0.4) is 0 Å². The lowest BCUT2D eigenvalue weighted by molar-refractivity contribution is 0.310. The third-order valence-electron chi connectivity index (χ3n) is 5.06. The number of nitrogens with one attached hydrogen (secondary N) is 1. The summed E-state index contributed by atoms with van der Waals surface area (Å²) < 4.78 is 0. The first-order valence-corrected chi connectivity index (χ1v) is 8.57. The molecule has 0 radical (unpaired) electrons. The Morgan fingerprint density at radius 3 is 2.52 bits per heavy atom. The van der Waals surface area contributed by atoms with Crippen molar-refractivity contribution in [3.8, 4) is 0 Å². The lowest BCUT2D eigenvalue weighted by Gasteiger charge is -2.35. The molecule has 1 N–H and O–H groups in total. The molecule has 0 aromatic carbocycles. The minimum absolute atomic E-state index is 0.764. The molecule has 1 saturated carbocycles. The normalized spacial score (nSPS) is 20.3. The van der Waals surface area contributed by atoms with Crippen LogP contribution < -0.4 is 10.2 Å². The Morgan fingerprint density at radius 2 is 1.95 bits per heavy atom. The van der Waals surface area contributed by atoms with Crippen LogP contribution in [0.25, 0.3) is 0 Å². The van der Waals surface area contributed by atoms with E-state index in [-0.39, 0.29) is 0 Å². The number of aromatic nitrogens is 1. The van der Waals surface area contributed by atoms with Crippen LogP contribution in [-0.4, -0.2) is 24.1 Å². The molecule has 0 amide bonds. The van der Waals surface area contributed by atoms with Crippen LogP contribution in [0, 0.1) is 18.8 Å². The quantitative estimate of drug-likeness (QED) is 0.898. The Balaban J connectivity index is 1.60. The van der Waals surface area contributed by atoms with E-state index in [4.69, 9.17) is 4.98 Å². The topological polar surface area (TPSA) is 28.2 Å². The van der Waals surface area contributed by atoms with Crippen molar-refractivity contribution in [1.82, 2.24) is 10.3 Å². The van der Waals surface area contributed by atoms with Gasteiger partial charge in [0.1, 0.15) is 5.82 Å². The van der Waals surface area contributed by atoms with Gasteiger partial charge in [0.25, 0.3) is 0 Å². The SMILES string of the molecule is Cc1cc(CNC2CC2)cnc1N1CCC(C(C)C)CC1. The predicted octanol–water partition coefficient (Wildman–Crippen LogP) is 3.51. The van der Waals surface area contributed by atoms with Crippen molar-refractivity contribution < 1.29 is 0 Å². The van der Waals surface area contributed by atoms with Gasteiger partial charge >= 0.3 is 0 Å². The second-order valence-electron chi connectivity index (χ2n) is 7.21. The highest BCUT2D eigenvalue weighted by Crippen LogP contribution is 2.28. The minimum Gasteiger partial charge on any atom is -0.356 e. The second-order valence-corrected chi connectivity index (χ2v) is 7.21. The standard InChI is InChI=1S/C18H29N3/c1-13(2)16-6-8-21(9-7-16)18-14(3)10-15(12-20-18)11-19-17-4-5-17/h10,12-13,16-17,19H,4-9,11H2,1-3H3. The molecule has 2 aliphatic rings. The summed E-state index contributed by atoms with van der Waals surface area (Å²) in [5, 5.41) is 3.56. The molecule has 116 valence electrons. The van der Waals surface area contributed by atoms with Crippen LogP contribution in [-0.2, 0) is 6.54 Å². The number of hydrogen-bond donors (Lipinski definition) is 1. The number of piperidine rings is 1. The van der Waals surface area contributed by atoms with Gasteiger partial charge in [-0.2, -0.15) is 0 Å². The van der Waals surface area contributed by atoms with Crippen molar-refractivity contribution in [1.29, 1.82) is 0 Å². The first-order valence-electron chi connectivity index (χ1n) is 8.57. The predicted molar refractivity (Wildman–Crippen MR) is 88.6 cm³/mol. The molecule has 1 aromatic heterocycles. The maximum absolute atomic E-state index is 4.76. The molecule has 3 heteroatoms. The smallest absolute Gasteiger partial charge is 0.131 e. The van der Waals surface area contributed by atoms with Crippen molar-refractivity contribution in [2.24, 2.45) is 11.8 Å². The summed E-state index contributed by atoms with van der Waals surface area (Å²) in [4.78, 5) is 7.23. The van der Waals surface area contributed by atoms with Gasteiger partial charge in [-0.3, -0.25) is 0 Å². The highest BCUT2D eigenvalue weighted by molar-refractivity contribution is 5.47. The van der Waals surface area contributed by atoms with Crippen molar-refractivity contribution in [3.05, 3.63) is 23.4 Å². The van der Waals surface area contributed by atoms with E-state index in [9.17, 15) is 0 Å². The zero-order chi connectivity index (χ0) is 14.8. The molecule has 0 atom stereocenters. The van der Waals surface area contributed by atoms with Crippen LogP contribution in [0.4, 0.5) is 5.82 Å². The van der Waals surface area contributed by atoms with Gasteiger partial charge in [0, 0.05) is 31.9 Å². The van der Waals surface area contributed by atoms with Gasteiger partial charge in [-0.05, 0) is 61.6 Å². The average molecular weight is 287 g/mol. The fourth-order valence-electron chi connectivity index (χ4n) is 3.38. The Labute approximate surface area is 129 Å². The molecule has 0 unspecified atom stereocenters. The molecule has 2 heterocycles. The highest BCUT2D eigenvalue weighted by Gasteiger charge is 2.23. The number of aryl methyl sites for hydroxylation is 1. The molecule has 3 nitrogen and oxygen atoms in total. The molecule has 0 spiro atoms. The van der Waals surface area contributed by atoms with Crippen LogP contribution in [0.15, 0.2) is 12.3 Å². The van der Waals surface area contributed by atoms with Crippen molar-refractivity contribution in [3.63, 3.8) is 0 Å². The van der Waals surface area contributed by atoms with Gasteiger partial charge in [0.2, 0.25) is 0 Å². The molecular formula is C18H29N3. The number of pyridine rings is 1. The summed E-state index contributed by atoms with van der Waals surface area (Å²) in [6.07, 6.45) is 7.37. The van der Waals surface area contributed by atoms with Gasteiger partial charge in [0.15, 0.2) is 0 Å². The average Bonchev–Trinajstić information content (AvgIpc) is 3.29. The fourth-order valence-corrected chi connectivity index (χ4v) is 3.38. The third kappa shape index (κ3) is 3.76. The van der Waals surface area contributed by atoms with Crippen LogP contribution in [0.1, 0.15) is 50.7 Å². The van der Waals surface area contributed by atoms with Gasteiger partial charge in [0.05, 0.1) is 0 Å². The highest BCUT2D eigenvalue weighted by atomic mass is 15.2. The van der Waals surface area contributed by atoms with Gasteiger partial charge in [-0.15, -0.1) is 0 Å². The zero-order valence-corrected chi connectivity index (χ0v) is 13.7. The maximum Gasteiger partial charge on any atom is 0.131 e. The Kier molecular flexibility index (Phi) is 4.48. The van der Waals surface area contributed by atoms with Crippen LogP contribution in [0.2, 0.25) is 0 Å². The van der Waals surface area contributed by atoms with E-state index in [1.807, 2.05) is 0 Å². The Morgan fingerprint density at radius 1 is 1.24 bits per heavy atom. The molecule has 3 rings (SSSR count). The van der Waals surface area contributed by atoms with Gasteiger partial charge in [-0.25, -0.2) is 4.98 Å². The number of rotatable bonds is 5. The van der Waals surface area contributed by atoms with Crippen molar-refractivity contribution in [2.75, 3.05) is 18.0 Å². The largest absolute Gasteiger partial charge is 0.356 e. The van der Waals surface area contributed by atoms with E-state index in [0.29, 0.717) is 0 Å². The summed E-state index contributed by atoms with van der Waals surface area (Å²) in [5.41, 5.74) is 2.65. The van der Waals surface area contributed by atoms with E-state index in [0.717, 1.165) is 37.5 Å². The lowest BCUT2D eigenvalue weighted by atomic mass is 9.86. The second kappa shape index (κ2) is 6.35. The summed E-state index contributed by atoms with van der Waals surface area (Å²) in [6.45, 7) is 10.2. The van der Waals surface area contributed by atoms with Crippen molar-refractivity contribution in [2.45, 2.75) is 59.0 Å². The Hall–Kier alpha value is -1.09. The van der Waals surface area contributed by atoms with Crippen LogP contribution in [0.5, 0.6) is 0 Å². The number of anilines is 1. The fraction of sp³-hybridized carbons (Fsp3) is 0.722. The molecule has 21 heavy (non-hydrogen) atoms. The van der Waals surface area contributed by atoms with E-state index in [1.165, 1.54) is 42.6 Å². The van der Waals surface area contributed by atoms with E-state index >= 15 is 0 Å². The van der Waals surface area contributed by atoms with Gasteiger partial charge < -0.3 is 10.2 Å². The molecule has 0 bridgehead atoms. The zero-order valence-electron chi connectivity index (χ0n) is 13.7. The minimum atomic E-state index is 0.764. The van der Waals surface area contributed by atoms with Gasteiger partial charge in [-0.1, -0.05) is 13.8 Å². The molecule has 1 aliphatic heterocycles. The molecule has 1 saturated heterocycles. The monoisotopic (exact) mass is 287 g/mol. The number of nitrogens with zero attached hydrogens (tertiary/aromatic N) is 2. The van der Waals surface area contributed by atoms with Crippen molar-refractivity contribution >= 4 is 5.82 Å². The van der Waals surface area contributed by atoms with E-state index in [1.54, 1.807) is 0 Å². The molecule has 1 aromatic rings. The lowest BCUT2D eigenvalue weighted by Crippen LogP contribution is -2.36. The number of hydrogen-bond acceptors (Lipinski definition) is 3. The Bertz CT molecular complexity index is 471. The summed E-state index contributed by atoms with van der Waals surface area (Å²) in [5.74, 6) is 2.91. The molecule has 1 aliphatic carbocycles. The molecular weight excluding hydrogens is 258 g/mol. The summed E-state index contributed by atoms with van der Waals surface area (Å²) in [6, 6.07) is 3.08. The van der Waals surface area contributed by atoms with Crippen LogP contribution >= 0.6 is 0 Å². The maximum atomic E-state index is 4.76. The summed E-state index contributed by atoms with van der Waals surface area (Å²) >= 11 is 0. The van der Waals surface area contributed by atoms with E-state index in [2.05, 4.69) is 43.3 Å². The summed E-state index contributed by atoms with van der Waals surface area (Å²) in [7, 11) is 0. The first kappa shape index (κ1) is 14.8. The van der Waals surface area contributed by atoms with E-state index < -0.39 is 0 Å².